The summed E-state index contributed by atoms with van der Waals surface area (Å²) in [5.74, 6) is 0.319. The summed E-state index contributed by atoms with van der Waals surface area (Å²) in [7, 11) is 1.74. The topological polar surface area (TPSA) is 58.2 Å². The van der Waals surface area contributed by atoms with E-state index in [4.69, 9.17) is 4.74 Å². The van der Waals surface area contributed by atoms with Crippen LogP contribution in [0.3, 0.4) is 0 Å². The van der Waals surface area contributed by atoms with E-state index in [1.54, 1.807) is 24.1 Å². The molecule has 0 saturated heterocycles. The summed E-state index contributed by atoms with van der Waals surface area (Å²) in [6.45, 7) is 3.01. The number of nitrogens with zero attached hydrogens (tertiary/aromatic N) is 2. The Morgan fingerprint density at radius 1 is 1.15 bits per heavy atom. The molecule has 1 amide bonds. The molecule has 0 spiro atoms. The van der Waals surface area contributed by atoms with Gasteiger partial charge < -0.3 is 9.64 Å². The van der Waals surface area contributed by atoms with Crippen LogP contribution in [0.1, 0.15) is 22.8 Å². The van der Waals surface area contributed by atoms with E-state index < -0.39 is 0 Å². The molecule has 0 aliphatic carbocycles. The molecule has 2 aromatic carbocycles. The fourth-order valence-corrected chi connectivity index (χ4v) is 2.69. The highest BCUT2D eigenvalue weighted by atomic mass is 19.1. The highest BCUT2D eigenvalue weighted by Gasteiger charge is 2.19. The van der Waals surface area contributed by atoms with Crippen molar-refractivity contribution >= 4 is 5.91 Å². The molecule has 3 aromatic rings. The molecule has 0 bridgehead atoms. The van der Waals surface area contributed by atoms with Crippen LogP contribution in [0, 0.1) is 5.82 Å². The zero-order valence-electron chi connectivity index (χ0n) is 14.7. The number of H-pyrrole nitrogens is 1. The summed E-state index contributed by atoms with van der Waals surface area (Å²) in [5, 5.41) is 6.81. The van der Waals surface area contributed by atoms with E-state index >= 15 is 0 Å². The van der Waals surface area contributed by atoms with Crippen molar-refractivity contribution in [2.75, 3.05) is 13.7 Å². The molecule has 1 aromatic heterocycles. The van der Waals surface area contributed by atoms with Gasteiger partial charge in [-0.1, -0.05) is 12.1 Å². The van der Waals surface area contributed by atoms with Crippen molar-refractivity contribution in [3.8, 4) is 17.0 Å². The van der Waals surface area contributed by atoms with Gasteiger partial charge in [-0.05, 0) is 48.9 Å². The van der Waals surface area contributed by atoms with Crippen LogP contribution in [0.5, 0.6) is 5.75 Å². The number of rotatable bonds is 6. The van der Waals surface area contributed by atoms with Crippen LogP contribution in [0.15, 0.2) is 54.7 Å². The van der Waals surface area contributed by atoms with Gasteiger partial charge in [0.2, 0.25) is 0 Å². The lowest BCUT2D eigenvalue weighted by Crippen LogP contribution is -2.26. The number of nitrogens with one attached hydrogen (secondary N) is 1. The fourth-order valence-electron chi connectivity index (χ4n) is 2.69. The van der Waals surface area contributed by atoms with Gasteiger partial charge in [-0.3, -0.25) is 9.89 Å². The molecular weight excluding hydrogens is 333 g/mol. The zero-order valence-corrected chi connectivity index (χ0v) is 14.7. The number of amides is 1. The monoisotopic (exact) mass is 353 g/mol. The minimum atomic E-state index is -0.325. The van der Waals surface area contributed by atoms with E-state index in [-0.39, 0.29) is 11.7 Å². The van der Waals surface area contributed by atoms with Crippen LogP contribution >= 0.6 is 0 Å². The Labute approximate surface area is 151 Å². The van der Waals surface area contributed by atoms with Gasteiger partial charge in [0, 0.05) is 19.2 Å². The van der Waals surface area contributed by atoms with Crippen molar-refractivity contribution < 1.29 is 13.9 Å². The fraction of sp³-hybridized carbons (Fsp3) is 0.200. The van der Waals surface area contributed by atoms with Gasteiger partial charge in [0.25, 0.3) is 5.91 Å². The molecule has 1 heterocycles. The van der Waals surface area contributed by atoms with E-state index in [1.807, 2.05) is 31.2 Å². The van der Waals surface area contributed by atoms with Gasteiger partial charge in [0.1, 0.15) is 11.6 Å². The summed E-state index contributed by atoms with van der Waals surface area (Å²) in [6, 6.07) is 13.6. The molecule has 6 heteroatoms. The lowest BCUT2D eigenvalue weighted by Gasteiger charge is -2.17. The predicted octanol–water partition coefficient (Wildman–Crippen LogP) is 3.89. The average Bonchev–Trinajstić information content (AvgIpc) is 3.13. The summed E-state index contributed by atoms with van der Waals surface area (Å²) >= 11 is 0. The Morgan fingerprint density at radius 3 is 2.50 bits per heavy atom. The third-order valence-corrected chi connectivity index (χ3v) is 4.00. The Bertz CT molecular complexity index is 873. The van der Waals surface area contributed by atoms with Gasteiger partial charge in [-0.2, -0.15) is 5.10 Å². The first-order chi connectivity index (χ1) is 12.6. The minimum Gasteiger partial charge on any atom is -0.494 e. The van der Waals surface area contributed by atoms with E-state index in [0.717, 1.165) is 11.3 Å². The van der Waals surface area contributed by atoms with Crippen LogP contribution < -0.4 is 4.74 Å². The number of benzene rings is 2. The molecule has 0 aliphatic rings. The maximum atomic E-state index is 13.1. The molecule has 0 radical (unpaired) electrons. The average molecular weight is 353 g/mol. The molecule has 3 rings (SSSR count). The van der Waals surface area contributed by atoms with Crippen molar-refractivity contribution in [2.45, 2.75) is 13.5 Å². The number of carbonyl (C=O) groups excluding carboxylic acids is 1. The van der Waals surface area contributed by atoms with Crippen molar-refractivity contribution in [3.05, 3.63) is 71.7 Å². The second-order valence-electron chi connectivity index (χ2n) is 5.90. The number of aromatic amines is 1. The van der Waals surface area contributed by atoms with Crippen molar-refractivity contribution in [2.24, 2.45) is 0 Å². The first-order valence-corrected chi connectivity index (χ1v) is 8.35. The Kier molecular flexibility index (Phi) is 5.31. The largest absolute Gasteiger partial charge is 0.494 e. The molecule has 0 saturated carbocycles. The lowest BCUT2D eigenvalue weighted by atomic mass is 10.1. The molecular formula is C20H20FN3O2. The summed E-state index contributed by atoms with van der Waals surface area (Å²) in [5.41, 5.74) is 2.73. The van der Waals surface area contributed by atoms with E-state index in [1.165, 1.54) is 18.3 Å². The molecule has 5 nitrogen and oxygen atoms in total. The van der Waals surface area contributed by atoms with Gasteiger partial charge in [0.05, 0.1) is 24.1 Å². The second kappa shape index (κ2) is 7.82. The normalized spacial score (nSPS) is 10.6. The molecule has 1 N–H and O–H groups in total. The molecule has 0 aliphatic heterocycles. The number of carbonyl (C=O) groups is 1. The van der Waals surface area contributed by atoms with Crippen molar-refractivity contribution in [3.63, 3.8) is 0 Å². The first kappa shape index (κ1) is 17.7. The molecule has 0 unspecified atom stereocenters. The highest BCUT2D eigenvalue weighted by molar-refractivity contribution is 5.99. The number of aromatic nitrogens is 2. The highest BCUT2D eigenvalue weighted by Crippen LogP contribution is 2.23. The Hall–Kier alpha value is -3.15. The minimum absolute atomic E-state index is 0.160. The van der Waals surface area contributed by atoms with E-state index in [9.17, 15) is 9.18 Å². The molecule has 134 valence electrons. The first-order valence-electron chi connectivity index (χ1n) is 8.35. The van der Waals surface area contributed by atoms with E-state index in [0.29, 0.717) is 30.0 Å². The quantitative estimate of drug-likeness (QED) is 0.731. The summed E-state index contributed by atoms with van der Waals surface area (Å²) in [6.07, 6.45) is 1.50. The maximum absolute atomic E-state index is 13.1. The number of halogens is 1. The van der Waals surface area contributed by atoms with Crippen molar-refractivity contribution in [1.29, 1.82) is 0 Å². The molecule has 26 heavy (non-hydrogen) atoms. The van der Waals surface area contributed by atoms with Crippen LogP contribution in [-0.2, 0) is 6.54 Å². The maximum Gasteiger partial charge on any atom is 0.257 e. The molecule has 0 atom stereocenters. The van der Waals surface area contributed by atoms with Crippen LogP contribution in [0.25, 0.3) is 11.3 Å². The Balaban J connectivity index is 1.75. The Morgan fingerprint density at radius 2 is 1.85 bits per heavy atom. The van der Waals surface area contributed by atoms with Crippen LogP contribution in [-0.4, -0.2) is 34.7 Å². The van der Waals surface area contributed by atoms with Gasteiger partial charge in [-0.25, -0.2) is 4.39 Å². The predicted molar refractivity (Wildman–Crippen MR) is 97.4 cm³/mol. The van der Waals surface area contributed by atoms with Gasteiger partial charge >= 0.3 is 0 Å². The summed E-state index contributed by atoms with van der Waals surface area (Å²) in [4.78, 5) is 14.4. The number of hydrogen-bond acceptors (Lipinski definition) is 3. The lowest BCUT2D eigenvalue weighted by molar-refractivity contribution is 0.0786. The number of hydrogen-bond donors (Lipinski definition) is 1. The standard InChI is InChI=1S/C20H20FN3O2/c1-3-26-17-10-4-14(5-11-17)13-24(2)20(25)18-12-22-23-19(18)15-6-8-16(21)9-7-15/h4-12H,3,13H2,1-2H3,(H,22,23). The number of ether oxygens (including phenoxy) is 1. The second-order valence-corrected chi connectivity index (χ2v) is 5.90. The van der Waals surface area contributed by atoms with Crippen LogP contribution in [0.2, 0.25) is 0 Å². The van der Waals surface area contributed by atoms with E-state index in [2.05, 4.69) is 10.2 Å². The third kappa shape index (κ3) is 3.91. The van der Waals surface area contributed by atoms with Gasteiger partial charge in [0.15, 0.2) is 0 Å². The van der Waals surface area contributed by atoms with Crippen molar-refractivity contribution in [1.82, 2.24) is 15.1 Å². The van der Waals surface area contributed by atoms with Crippen LogP contribution in [0.4, 0.5) is 4.39 Å². The smallest absolute Gasteiger partial charge is 0.257 e. The third-order valence-electron chi connectivity index (χ3n) is 4.00. The zero-order chi connectivity index (χ0) is 18.5. The van der Waals surface area contributed by atoms with Gasteiger partial charge in [-0.15, -0.1) is 0 Å². The SMILES string of the molecule is CCOc1ccc(CN(C)C(=O)c2cn[nH]c2-c2ccc(F)cc2)cc1. The summed E-state index contributed by atoms with van der Waals surface area (Å²) < 4.78 is 18.6. The molecule has 0 fully saturated rings.